The standard InChI is InChI=1S/C16H21F3O2.C15H19F3O2.C14H17F3O2.C13H15F3O2.2C13H16O4.C12H14O4.C11H11F3O2/c1-6-15(3,4)13-9-12(11(2)16(17,18)19)7-8-14(13)21-10-20-5;1-10(15(16,17)18)11-6-7-13(20-9-19-5)12(8-11)14(2,3)4;1-9(2)12-7-11(10(3)14(15,16)17)5-6-13(12)19-8-18-4;1-4-10-7-11(9(2)13(14,15)16)5-6-12(10)18-8-17-3;1-9(2)10-5-6-12(17-8-15-3)11(7-10)13(14)16-4;1-9(2)10-5-6-11(13(14)16-4)12(7-10)17-8-15-3;1-4-9-5-6-10(12(13)15-3)11(7-9)16-8-14-2;1-8(11(12,13)14)9-3-5-10(6-4-9)16-7-15-2/h7-9H,2,6,10H2,1,3-5H3;6-8H,1,9H2,2-5H3;5-7,9H,3,8H2,1-2,4H3;5-7H,2,4,8H2,1,3H3;2*5-7H,1,8H2,2-4H3;4-7H,1,8H2,2-3H3;3-6H,1,7H2,2H3. The molecule has 8 rings (SSSR count). The summed E-state index contributed by atoms with van der Waals surface area (Å²) >= 11 is 0. The van der Waals surface area contributed by atoms with Gasteiger partial charge in [0.2, 0.25) is 0 Å². The number of hydrogen-bond acceptors (Lipinski definition) is 22. The lowest BCUT2D eigenvalue weighted by molar-refractivity contribution is -0.0695. The lowest BCUT2D eigenvalue weighted by atomic mass is 9.80. The highest BCUT2D eigenvalue weighted by atomic mass is 19.4. The van der Waals surface area contributed by atoms with Crippen LogP contribution >= 0.6 is 0 Å². The first-order valence-corrected chi connectivity index (χ1v) is 43.3. The third kappa shape index (κ3) is 44.1. The second-order valence-corrected chi connectivity index (χ2v) is 32.2. The molecule has 22 nitrogen and oxygen atoms in total. The number of allylic oxidation sites excluding steroid dienone is 7. The van der Waals surface area contributed by atoms with Gasteiger partial charge in [-0.1, -0.05) is 187 Å². The van der Waals surface area contributed by atoms with Gasteiger partial charge in [0.05, 0.1) is 49.2 Å². The number of rotatable bonds is 39. The highest BCUT2D eigenvalue weighted by Crippen LogP contribution is 2.44. The summed E-state index contributed by atoms with van der Waals surface area (Å²) < 4.78 is 284. The Hall–Kier alpha value is -12.9. The Kier molecular flexibility index (Phi) is 56.2. The number of hydrogen-bond donors (Lipinski definition) is 0. The zero-order valence-electron chi connectivity index (χ0n) is 85.0. The maximum Gasteiger partial charge on any atom is 0.416 e. The van der Waals surface area contributed by atoms with E-state index < -0.39 is 76.7 Å². The van der Waals surface area contributed by atoms with E-state index in [2.05, 4.69) is 66.8 Å². The van der Waals surface area contributed by atoms with E-state index in [0.29, 0.717) is 91.4 Å². The largest absolute Gasteiger partial charge is 0.468 e. The molecule has 0 saturated carbocycles. The van der Waals surface area contributed by atoms with Crippen LogP contribution in [0.5, 0.6) is 46.0 Å². The summed E-state index contributed by atoms with van der Waals surface area (Å²) in [6, 6.07) is 38.4. The van der Waals surface area contributed by atoms with Crippen LogP contribution in [0.4, 0.5) is 65.9 Å². The summed E-state index contributed by atoms with van der Waals surface area (Å²) in [5.41, 5.74) is 3.56. The number of alkyl halides is 15. The summed E-state index contributed by atoms with van der Waals surface area (Å²) in [6.45, 7) is 48.2. The van der Waals surface area contributed by atoms with Crippen LogP contribution in [0.2, 0.25) is 0 Å². The van der Waals surface area contributed by atoms with E-state index >= 15 is 0 Å². The van der Waals surface area contributed by atoms with Crippen LogP contribution in [0.15, 0.2) is 204 Å². The van der Waals surface area contributed by atoms with Crippen LogP contribution in [0.25, 0.3) is 45.1 Å². The van der Waals surface area contributed by atoms with E-state index in [-0.39, 0.29) is 98.9 Å². The van der Waals surface area contributed by atoms with Gasteiger partial charge in [-0.3, -0.25) is 0 Å². The topological polar surface area (TPSA) is 227 Å². The molecule has 0 fully saturated rings. The molecule has 0 saturated heterocycles. The first-order valence-electron chi connectivity index (χ1n) is 43.3. The molecule has 0 spiro atoms. The third-order valence-corrected chi connectivity index (χ3v) is 19.8. The van der Waals surface area contributed by atoms with Crippen LogP contribution in [0.1, 0.15) is 186 Å². The number of methoxy groups -OCH3 is 11. The fourth-order valence-electron chi connectivity index (χ4n) is 11.5. The van der Waals surface area contributed by atoms with Gasteiger partial charge in [-0.15, -0.1) is 0 Å². The van der Waals surface area contributed by atoms with E-state index in [9.17, 15) is 80.2 Å². The fraction of sp³-hybridized carbons (Fsp3) is 0.374. The zero-order valence-corrected chi connectivity index (χ0v) is 85.0. The van der Waals surface area contributed by atoms with Crippen molar-refractivity contribution in [2.75, 3.05) is 133 Å². The van der Waals surface area contributed by atoms with Gasteiger partial charge in [0.15, 0.2) is 54.3 Å². The zero-order chi connectivity index (χ0) is 110. The Morgan fingerprint density at radius 2 is 0.604 bits per heavy atom. The molecule has 8 aromatic rings. The fourth-order valence-corrected chi connectivity index (χ4v) is 11.5. The monoisotopic (exact) mass is 2050 g/mol. The number of ether oxygens (including phenoxy) is 19. The van der Waals surface area contributed by atoms with E-state index in [1.807, 2.05) is 82.2 Å². The second kappa shape index (κ2) is 62.6. The minimum Gasteiger partial charge on any atom is -0.468 e. The van der Waals surface area contributed by atoms with Gasteiger partial charge in [-0.25, -0.2) is 14.4 Å². The molecule has 0 aliphatic rings. The average Bonchev–Trinajstić information content (AvgIpc) is 0.793. The highest BCUT2D eigenvalue weighted by molar-refractivity contribution is 5.95. The van der Waals surface area contributed by atoms with Crippen molar-refractivity contribution in [2.45, 2.75) is 137 Å². The van der Waals surface area contributed by atoms with Gasteiger partial charge in [0.1, 0.15) is 62.7 Å². The molecule has 144 heavy (non-hydrogen) atoms. The molecule has 0 unspecified atom stereocenters. The van der Waals surface area contributed by atoms with Gasteiger partial charge in [-0.05, 0) is 196 Å². The van der Waals surface area contributed by atoms with Crippen LogP contribution < -0.4 is 37.9 Å². The third-order valence-electron chi connectivity index (χ3n) is 19.8. The molecule has 0 bridgehead atoms. The lowest BCUT2D eigenvalue weighted by Gasteiger charge is -2.27. The van der Waals surface area contributed by atoms with Crippen molar-refractivity contribution in [2.24, 2.45) is 0 Å². The molecule has 0 amide bonds. The Morgan fingerprint density at radius 1 is 0.312 bits per heavy atom. The molecule has 0 heterocycles. The van der Waals surface area contributed by atoms with Crippen molar-refractivity contribution < 1.29 is 170 Å². The van der Waals surface area contributed by atoms with E-state index in [0.717, 1.165) is 34.3 Å². The van der Waals surface area contributed by atoms with Gasteiger partial charge in [-0.2, -0.15) is 65.9 Å². The van der Waals surface area contributed by atoms with Crippen LogP contribution in [0.3, 0.4) is 0 Å². The van der Waals surface area contributed by atoms with Gasteiger partial charge in [0, 0.05) is 68.0 Å². The highest BCUT2D eigenvalue weighted by Gasteiger charge is 2.38. The SMILES string of the molecule is C=C(C)c1ccc(C(=O)OC)c(OCOC)c1.C=C(C)c1ccc(OCOC)c(C(=O)OC)c1.C=C(c1ccc(OCOC)c(C(C)(C)C)c1)C(F)(F)F.C=C(c1ccc(OCOC)c(C(C)(C)CC)c1)C(F)(F)F.C=C(c1ccc(OCOC)c(C(C)C)c1)C(F)(F)F.C=C(c1ccc(OCOC)c(CC)c1)C(F)(F)F.C=C(c1ccc(OCOC)cc1)C(F)(F)F.C=Cc1ccc(C(=O)OC)c(OCOC)c1. The maximum absolute atomic E-state index is 12.8. The predicted molar refractivity (Wildman–Crippen MR) is 526 cm³/mol. The normalized spacial score (nSPS) is 11.1. The minimum absolute atomic E-state index is 0.0252. The molecule has 37 heteroatoms. The maximum atomic E-state index is 12.8. The Bertz CT molecular complexity index is 5450. The van der Waals surface area contributed by atoms with Crippen molar-refractivity contribution >= 4 is 63.0 Å². The van der Waals surface area contributed by atoms with Crippen molar-refractivity contribution in [3.05, 3.63) is 288 Å². The molecular weight excluding hydrogens is 1920 g/mol. The van der Waals surface area contributed by atoms with Crippen molar-refractivity contribution in [3.63, 3.8) is 0 Å². The van der Waals surface area contributed by atoms with Gasteiger partial charge in [0.25, 0.3) is 0 Å². The summed E-state index contributed by atoms with van der Waals surface area (Å²) in [7, 11) is 15.9. The van der Waals surface area contributed by atoms with Crippen LogP contribution in [-0.2, 0) is 69.4 Å². The number of benzene rings is 8. The molecule has 0 aliphatic heterocycles. The summed E-state index contributed by atoms with van der Waals surface area (Å²) in [4.78, 5) is 34.5. The second-order valence-electron chi connectivity index (χ2n) is 32.2. The molecule has 794 valence electrons. The molecule has 8 aromatic carbocycles. The molecule has 0 radical (unpaired) electrons. The van der Waals surface area contributed by atoms with E-state index in [1.54, 1.807) is 54.6 Å². The summed E-state index contributed by atoms with van der Waals surface area (Å²) in [6.07, 6.45) is -19.1. The Balaban J connectivity index is 0.000000824. The lowest BCUT2D eigenvalue weighted by Crippen LogP contribution is -2.19. The quantitative estimate of drug-likeness (QED) is 0.0151. The predicted octanol–water partition coefficient (Wildman–Crippen LogP) is 28.0. The van der Waals surface area contributed by atoms with Crippen molar-refractivity contribution in [1.29, 1.82) is 0 Å². The smallest absolute Gasteiger partial charge is 0.416 e. The summed E-state index contributed by atoms with van der Waals surface area (Å²) in [5.74, 6) is 2.53. The first-order chi connectivity index (χ1) is 67.2. The minimum atomic E-state index is -4.44. The number of carbonyl (C=O) groups is 3. The van der Waals surface area contributed by atoms with Crippen molar-refractivity contribution in [3.8, 4) is 46.0 Å². The number of halogens is 15. The number of aryl methyl sites for hydroxylation is 1. The number of carbonyl (C=O) groups excluding carboxylic acids is 3. The van der Waals surface area contributed by atoms with Crippen LogP contribution in [0, 0.1) is 0 Å². The van der Waals surface area contributed by atoms with Crippen LogP contribution in [-0.4, -0.2) is 181 Å². The first kappa shape index (κ1) is 129. The molecular formula is C107H129F15O22. The Labute approximate surface area is 832 Å². The van der Waals surface area contributed by atoms with Crippen molar-refractivity contribution in [1.82, 2.24) is 0 Å². The molecule has 0 aromatic heterocycles. The molecule has 0 atom stereocenters. The van der Waals surface area contributed by atoms with E-state index in [4.69, 9.17) is 75.8 Å². The van der Waals surface area contributed by atoms with E-state index in [1.165, 1.54) is 175 Å². The Morgan fingerprint density at radius 3 is 0.972 bits per heavy atom. The molecule has 0 N–H and O–H groups in total. The number of esters is 3. The van der Waals surface area contributed by atoms with Gasteiger partial charge >= 0.3 is 48.8 Å². The molecule has 0 aliphatic carbocycles. The summed E-state index contributed by atoms with van der Waals surface area (Å²) in [5, 5.41) is 0. The average molecular weight is 2050 g/mol. The van der Waals surface area contributed by atoms with Gasteiger partial charge < -0.3 is 90.0 Å².